The summed E-state index contributed by atoms with van der Waals surface area (Å²) >= 11 is 0. The van der Waals surface area contributed by atoms with Crippen LogP contribution in [0.1, 0.15) is 26.7 Å². The second kappa shape index (κ2) is 5.46. The van der Waals surface area contributed by atoms with Gasteiger partial charge in [0.1, 0.15) is 0 Å². The highest BCUT2D eigenvalue weighted by Crippen LogP contribution is 2.25. The molecule has 1 unspecified atom stereocenters. The number of likely N-dealkylation sites (tertiary alicyclic amines) is 1. The number of carbonyl (C=O) groups excluding carboxylic acids is 2. The number of carbonyl (C=O) groups is 2. The highest BCUT2D eigenvalue weighted by molar-refractivity contribution is 5.96. The SMILES string of the molecule is CCCC1(N)CN(C(C)C(=O)NC(=O)NC)C1. The third-order valence-electron chi connectivity index (χ3n) is 3.17. The van der Waals surface area contributed by atoms with Gasteiger partial charge in [0.15, 0.2) is 0 Å². The number of hydrogen-bond donors (Lipinski definition) is 3. The molecule has 4 N–H and O–H groups in total. The molecule has 0 aliphatic carbocycles. The van der Waals surface area contributed by atoms with Gasteiger partial charge < -0.3 is 11.1 Å². The molecule has 6 nitrogen and oxygen atoms in total. The molecule has 1 aliphatic rings. The van der Waals surface area contributed by atoms with Crippen LogP contribution in [-0.2, 0) is 4.79 Å². The Balaban J connectivity index is 2.38. The second-order valence-electron chi connectivity index (χ2n) is 4.76. The molecule has 0 aromatic carbocycles. The van der Waals surface area contributed by atoms with Gasteiger partial charge in [-0.3, -0.25) is 15.0 Å². The van der Waals surface area contributed by atoms with E-state index >= 15 is 0 Å². The van der Waals surface area contributed by atoms with Gasteiger partial charge in [-0.05, 0) is 13.3 Å². The van der Waals surface area contributed by atoms with Crippen LogP contribution in [0.3, 0.4) is 0 Å². The van der Waals surface area contributed by atoms with Crippen LogP contribution in [0.4, 0.5) is 4.79 Å². The van der Waals surface area contributed by atoms with Crippen LogP contribution in [0.2, 0.25) is 0 Å². The van der Waals surface area contributed by atoms with Crippen LogP contribution in [0.5, 0.6) is 0 Å². The Hall–Kier alpha value is -1.14. The predicted octanol–water partition coefficient (Wildman–Crippen LogP) is -0.356. The van der Waals surface area contributed by atoms with Gasteiger partial charge in [-0.25, -0.2) is 4.79 Å². The largest absolute Gasteiger partial charge is 0.341 e. The van der Waals surface area contributed by atoms with Crippen LogP contribution < -0.4 is 16.4 Å². The van der Waals surface area contributed by atoms with Crippen molar-refractivity contribution in [3.63, 3.8) is 0 Å². The number of amides is 3. The Morgan fingerprint density at radius 1 is 1.47 bits per heavy atom. The van der Waals surface area contributed by atoms with Crippen molar-refractivity contribution in [3.8, 4) is 0 Å². The zero-order chi connectivity index (χ0) is 13.1. The van der Waals surface area contributed by atoms with Crippen molar-refractivity contribution < 1.29 is 9.59 Å². The molecular formula is C11H22N4O2. The van der Waals surface area contributed by atoms with Gasteiger partial charge in [0, 0.05) is 25.7 Å². The molecular weight excluding hydrogens is 220 g/mol. The van der Waals surface area contributed by atoms with Crippen LogP contribution in [0.25, 0.3) is 0 Å². The van der Waals surface area contributed by atoms with E-state index in [2.05, 4.69) is 17.6 Å². The first-order valence-electron chi connectivity index (χ1n) is 5.97. The maximum absolute atomic E-state index is 11.7. The van der Waals surface area contributed by atoms with E-state index in [0.29, 0.717) is 13.1 Å². The van der Waals surface area contributed by atoms with Crippen molar-refractivity contribution in [3.05, 3.63) is 0 Å². The molecule has 0 aromatic rings. The number of imide groups is 1. The van der Waals surface area contributed by atoms with E-state index in [0.717, 1.165) is 12.8 Å². The fourth-order valence-corrected chi connectivity index (χ4v) is 2.14. The normalized spacial score (nSPS) is 20.2. The second-order valence-corrected chi connectivity index (χ2v) is 4.76. The summed E-state index contributed by atoms with van der Waals surface area (Å²) in [5.74, 6) is -0.289. The van der Waals surface area contributed by atoms with E-state index in [1.807, 2.05) is 4.90 Å². The lowest BCUT2D eigenvalue weighted by Crippen LogP contribution is -2.70. The first-order chi connectivity index (χ1) is 7.91. The quantitative estimate of drug-likeness (QED) is 0.628. The van der Waals surface area contributed by atoms with Crippen LogP contribution in [0, 0.1) is 0 Å². The lowest BCUT2D eigenvalue weighted by molar-refractivity contribution is -0.127. The van der Waals surface area contributed by atoms with E-state index in [-0.39, 0.29) is 17.5 Å². The highest BCUT2D eigenvalue weighted by Gasteiger charge is 2.42. The van der Waals surface area contributed by atoms with E-state index < -0.39 is 6.03 Å². The van der Waals surface area contributed by atoms with E-state index in [1.54, 1.807) is 6.92 Å². The number of nitrogens with two attached hydrogens (primary N) is 1. The van der Waals surface area contributed by atoms with Crippen molar-refractivity contribution in [1.82, 2.24) is 15.5 Å². The Morgan fingerprint density at radius 3 is 2.53 bits per heavy atom. The highest BCUT2D eigenvalue weighted by atomic mass is 16.2. The molecule has 1 aliphatic heterocycles. The van der Waals surface area contributed by atoms with E-state index in [1.165, 1.54) is 7.05 Å². The number of hydrogen-bond acceptors (Lipinski definition) is 4. The smallest absolute Gasteiger partial charge is 0.321 e. The molecule has 0 saturated carbocycles. The summed E-state index contributed by atoms with van der Waals surface area (Å²) < 4.78 is 0. The molecule has 0 aromatic heterocycles. The van der Waals surface area contributed by atoms with E-state index in [9.17, 15) is 9.59 Å². The summed E-state index contributed by atoms with van der Waals surface area (Å²) in [6.07, 6.45) is 2.01. The third-order valence-corrected chi connectivity index (χ3v) is 3.17. The van der Waals surface area contributed by atoms with Gasteiger partial charge in [0.25, 0.3) is 0 Å². The van der Waals surface area contributed by atoms with Crippen molar-refractivity contribution in [2.75, 3.05) is 20.1 Å². The minimum absolute atomic E-state index is 0.156. The first kappa shape index (κ1) is 13.9. The molecule has 0 radical (unpaired) electrons. The average Bonchev–Trinajstić information content (AvgIpc) is 2.24. The van der Waals surface area contributed by atoms with Gasteiger partial charge in [0.2, 0.25) is 5.91 Å². The molecule has 1 heterocycles. The molecule has 98 valence electrons. The molecule has 3 amide bonds. The van der Waals surface area contributed by atoms with Crippen molar-refractivity contribution in [2.45, 2.75) is 38.3 Å². The molecule has 0 bridgehead atoms. The first-order valence-corrected chi connectivity index (χ1v) is 5.97. The van der Waals surface area contributed by atoms with Crippen LogP contribution in [0.15, 0.2) is 0 Å². The number of nitrogens with zero attached hydrogens (tertiary/aromatic N) is 1. The van der Waals surface area contributed by atoms with Crippen LogP contribution >= 0.6 is 0 Å². The van der Waals surface area contributed by atoms with Gasteiger partial charge in [-0.2, -0.15) is 0 Å². The van der Waals surface area contributed by atoms with Crippen LogP contribution in [-0.4, -0.2) is 48.6 Å². The minimum Gasteiger partial charge on any atom is -0.341 e. The topological polar surface area (TPSA) is 87.5 Å². The summed E-state index contributed by atoms with van der Waals surface area (Å²) in [5.41, 5.74) is 5.96. The van der Waals surface area contributed by atoms with Crippen molar-refractivity contribution in [2.24, 2.45) is 5.73 Å². The summed E-state index contributed by atoms with van der Waals surface area (Å²) in [6.45, 7) is 5.30. The summed E-state index contributed by atoms with van der Waals surface area (Å²) in [4.78, 5) is 24.6. The summed E-state index contributed by atoms with van der Waals surface area (Å²) in [7, 11) is 1.48. The number of nitrogens with one attached hydrogen (secondary N) is 2. The fraction of sp³-hybridized carbons (Fsp3) is 0.818. The van der Waals surface area contributed by atoms with Gasteiger partial charge >= 0.3 is 6.03 Å². The molecule has 1 rings (SSSR count). The summed E-state index contributed by atoms with van der Waals surface area (Å²) in [5, 5.41) is 4.61. The van der Waals surface area contributed by atoms with Gasteiger partial charge in [-0.1, -0.05) is 13.3 Å². The van der Waals surface area contributed by atoms with E-state index in [4.69, 9.17) is 5.73 Å². The summed E-state index contributed by atoms with van der Waals surface area (Å²) in [6, 6.07) is -0.796. The maximum Gasteiger partial charge on any atom is 0.321 e. The van der Waals surface area contributed by atoms with Gasteiger partial charge in [-0.15, -0.1) is 0 Å². The fourth-order valence-electron chi connectivity index (χ4n) is 2.14. The van der Waals surface area contributed by atoms with Gasteiger partial charge in [0.05, 0.1) is 6.04 Å². The molecule has 1 saturated heterocycles. The molecule has 1 fully saturated rings. The lowest BCUT2D eigenvalue weighted by Gasteiger charge is -2.50. The maximum atomic E-state index is 11.7. The Labute approximate surface area is 102 Å². The number of urea groups is 1. The minimum atomic E-state index is -0.477. The predicted molar refractivity (Wildman–Crippen MR) is 65.5 cm³/mol. The molecule has 1 atom stereocenters. The molecule has 0 spiro atoms. The zero-order valence-corrected chi connectivity index (χ0v) is 10.7. The standard InChI is InChI=1S/C11H22N4O2/c1-4-5-11(12)6-15(7-11)8(2)9(16)14-10(17)13-3/h8H,4-7,12H2,1-3H3,(H2,13,14,16,17). The molecule has 6 heteroatoms. The Morgan fingerprint density at radius 2 is 2.06 bits per heavy atom. The monoisotopic (exact) mass is 242 g/mol. The Bertz CT molecular complexity index is 300. The average molecular weight is 242 g/mol. The zero-order valence-electron chi connectivity index (χ0n) is 10.7. The Kier molecular flexibility index (Phi) is 4.47. The van der Waals surface area contributed by atoms with Crippen molar-refractivity contribution >= 4 is 11.9 Å². The molecule has 17 heavy (non-hydrogen) atoms. The van der Waals surface area contributed by atoms with Crippen molar-refractivity contribution in [1.29, 1.82) is 0 Å². The third kappa shape index (κ3) is 3.41. The number of rotatable bonds is 4. The lowest BCUT2D eigenvalue weighted by atomic mass is 9.85.